The summed E-state index contributed by atoms with van der Waals surface area (Å²) in [6.45, 7) is 0.859. The van der Waals surface area contributed by atoms with Crippen LogP contribution in [-0.2, 0) is 13.1 Å². The van der Waals surface area contributed by atoms with Gasteiger partial charge in [-0.1, -0.05) is 53.7 Å². The van der Waals surface area contributed by atoms with Gasteiger partial charge in [-0.3, -0.25) is 4.79 Å². The monoisotopic (exact) mass is 404 g/mol. The van der Waals surface area contributed by atoms with Crippen LogP contribution < -0.4 is 4.74 Å². The third-order valence-corrected chi connectivity index (χ3v) is 5.36. The van der Waals surface area contributed by atoms with Crippen molar-refractivity contribution in [3.05, 3.63) is 94.3 Å². The zero-order valence-electron chi connectivity index (χ0n) is 15.9. The van der Waals surface area contributed by atoms with Crippen molar-refractivity contribution >= 4 is 17.2 Å². The molecule has 146 valence electrons. The zero-order chi connectivity index (χ0) is 20.1. The average Bonchev–Trinajstić information content (AvgIpc) is 3.46. The van der Waals surface area contributed by atoms with Crippen molar-refractivity contribution in [2.24, 2.45) is 0 Å². The molecule has 2 heterocycles. The van der Waals surface area contributed by atoms with Crippen LogP contribution in [0.5, 0.6) is 5.75 Å². The third kappa shape index (κ3) is 4.55. The molecule has 0 saturated heterocycles. The van der Waals surface area contributed by atoms with Crippen molar-refractivity contribution in [3.8, 4) is 17.1 Å². The summed E-state index contributed by atoms with van der Waals surface area (Å²) in [5.74, 6) is 1.37. The maximum Gasteiger partial charge on any atom is 0.264 e. The number of ether oxygens (including phenoxy) is 1. The molecule has 2 aromatic heterocycles. The van der Waals surface area contributed by atoms with Crippen LogP contribution in [0.2, 0.25) is 0 Å². The van der Waals surface area contributed by atoms with Gasteiger partial charge in [-0.2, -0.15) is 0 Å². The van der Waals surface area contributed by atoms with E-state index in [1.54, 1.807) is 12.0 Å². The normalized spacial score (nSPS) is 10.7. The molecule has 0 aliphatic carbocycles. The van der Waals surface area contributed by atoms with E-state index in [4.69, 9.17) is 9.26 Å². The van der Waals surface area contributed by atoms with Crippen LogP contribution in [0.3, 0.4) is 0 Å². The van der Waals surface area contributed by atoms with Gasteiger partial charge in [-0.15, -0.1) is 11.3 Å². The van der Waals surface area contributed by atoms with E-state index in [-0.39, 0.29) is 5.91 Å². The zero-order valence-corrected chi connectivity index (χ0v) is 16.8. The van der Waals surface area contributed by atoms with Crippen molar-refractivity contribution in [3.63, 3.8) is 0 Å². The maximum absolute atomic E-state index is 13.0. The number of amides is 1. The predicted octanol–water partition coefficient (Wildman–Crippen LogP) is 5.25. The molecule has 6 heteroatoms. The quantitative estimate of drug-likeness (QED) is 0.422. The van der Waals surface area contributed by atoms with Gasteiger partial charge in [0.1, 0.15) is 11.4 Å². The molecule has 1 amide bonds. The molecular formula is C23H20N2O3S. The number of benzene rings is 2. The molecule has 0 aliphatic rings. The average molecular weight is 404 g/mol. The number of rotatable bonds is 7. The first-order valence-electron chi connectivity index (χ1n) is 9.19. The summed E-state index contributed by atoms with van der Waals surface area (Å²) in [4.78, 5) is 15.5. The Morgan fingerprint density at radius 3 is 2.66 bits per heavy atom. The van der Waals surface area contributed by atoms with E-state index in [2.05, 4.69) is 5.16 Å². The molecule has 0 N–H and O–H groups in total. The Kier molecular flexibility index (Phi) is 5.72. The number of carbonyl (C=O) groups excluding carboxylic acids is 1. The lowest BCUT2D eigenvalue weighted by molar-refractivity contribution is 0.0731. The van der Waals surface area contributed by atoms with Gasteiger partial charge in [0.15, 0.2) is 5.76 Å². The van der Waals surface area contributed by atoms with Gasteiger partial charge in [0.05, 0.1) is 18.5 Å². The SMILES string of the molecule is COc1cccc(-c2cc(CN(Cc3ccccc3)C(=O)c3cccs3)no2)c1. The molecule has 29 heavy (non-hydrogen) atoms. The molecule has 0 aliphatic heterocycles. The highest BCUT2D eigenvalue weighted by Crippen LogP contribution is 2.25. The molecule has 0 bridgehead atoms. The molecule has 5 nitrogen and oxygen atoms in total. The summed E-state index contributed by atoms with van der Waals surface area (Å²) in [5, 5.41) is 6.09. The smallest absolute Gasteiger partial charge is 0.264 e. The van der Waals surface area contributed by atoms with Crippen molar-refractivity contribution in [1.82, 2.24) is 10.1 Å². The molecular weight excluding hydrogens is 384 g/mol. The van der Waals surface area contributed by atoms with E-state index in [9.17, 15) is 4.79 Å². The second-order valence-corrected chi connectivity index (χ2v) is 7.49. The van der Waals surface area contributed by atoms with Gasteiger partial charge >= 0.3 is 0 Å². The number of nitrogens with zero attached hydrogens (tertiary/aromatic N) is 2. The minimum Gasteiger partial charge on any atom is -0.497 e. The van der Waals surface area contributed by atoms with E-state index in [1.165, 1.54) is 11.3 Å². The molecule has 0 saturated carbocycles. The Bertz CT molecular complexity index is 1070. The fourth-order valence-electron chi connectivity index (χ4n) is 3.05. The van der Waals surface area contributed by atoms with Gasteiger partial charge in [0.25, 0.3) is 5.91 Å². The highest BCUT2D eigenvalue weighted by molar-refractivity contribution is 7.12. The summed E-state index contributed by atoms with van der Waals surface area (Å²) in [6.07, 6.45) is 0. The van der Waals surface area contributed by atoms with Gasteiger partial charge in [-0.25, -0.2) is 0 Å². The number of carbonyl (C=O) groups is 1. The van der Waals surface area contributed by atoms with Crippen LogP contribution in [0.1, 0.15) is 20.9 Å². The lowest BCUT2D eigenvalue weighted by atomic mass is 10.1. The minimum absolute atomic E-state index is 0.0187. The van der Waals surface area contributed by atoms with Crippen LogP contribution in [0.15, 0.2) is 82.7 Å². The summed E-state index contributed by atoms with van der Waals surface area (Å²) in [5.41, 5.74) is 2.64. The maximum atomic E-state index is 13.0. The standard InChI is InChI=1S/C23H20N2O3S/c1-27-20-10-5-9-18(13-20)21-14-19(24-28-21)16-25(15-17-7-3-2-4-8-17)23(26)22-11-6-12-29-22/h2-14H,15-16H2,1H3. The van der Waals surface area contributed by atoms with Crippen molar-refractivity contribution in [1.29, 1.82) is 0 Å². The van der Waals surface area contributed by atoms with Crippen LogP contribution in [0.4, 0.5) is 0 Å². The third-order valence-electron chi connectivity index (χ3n) is 4.50. The lowest BCUT2D eigenvalue weighted by Gasteiger charge is -2.21. The molecule has 4 rings (SSSR count). The minimum atomic E-state index is -0.0187. The van der Waals surface area contributed by atoms with E-state index < -0.39 is 0 Å². The number of thiophene rings is 1. The molecule has 2 aromatic carbocycles. The van der Waals surface area contributed by atoms with E-state index in [1.807, 2.05) is 78.2 Å². The van der Waals surface area contributed by atoms with E-state index in [0.29, 0.717) is 29.4 Å². The lowest BCUT2D eigenvalue weighted by Crippen LogP contribution is -2.29. The second kappa shape index (κ2) is 8.75. The van der Waals surface area contributed by atoms with Crippen LogP contribution >= 0.6 is 11.3 Å². The van der Waals surface area contributed by atoms with Gasteiger partial charge < -0.3 is 14.2 Å². The first-order valence-corrected chi connectivity index (χ1v) is 10.1. The summed E-state index contributed by atoms with van der Waals surface area (Å²) < 4.78 is 10.8. The number of methoxy groups -OCH3 is 1. The highest BCUT2D eigenvalue weighted by Gasteiger charge is 2.19. The summed E-state index contributed by atoms with van der Waals surface area (Å²) in [7, 11) is 1.63. The highest BCUT2D eigenvalue weighted by atomic mass is 32.1. The van der Waals surface area contributed by atoms with Crippen LogP contribution in [0.25, 0.3) is 11.3 Å². The van der Waals surface area contributed by atoms with E-state index >= 15 is 0 Å². The van der Waals surface area contributed by atoms with E-state index in [0.717, 1.165) is 16.9 Å². The van der Waals surface area contributed by atoms with Crippen LogP contribution in [0, 0.1) is 0 Å². The first kappa shape index (κ1) is 19.0. The largest absolute Gasteiger partial charge is 0.497 e. The van der Waals surface area contributed by atoms with Gasteiger partial charge in [0.2, 0.25) is 0 Å². The van der Waals surface area contributed by atoms with Crippen molar-refractivity contribution < 1.29 is 14.1 Å². The fourth-order valence-corrected chi connectivity index (χ4v) is 3.74. The Labute approximate surface area is 173 Å². The molecule has 0 unspecified atom stereocenters. The Morgan fingerprint density at radius 2 is 1.90 bits per heavy atom. The number of hydrogen-bond donors (Lipinski definition) is 0. The Balaban J connectivity index is 1.57. The Hall–Kier alpha value is -3.38. The summed E-state index contributed by atoms with van der Waals surface area (Å²) >= 11 is 1.44. The first-order chi connectivity index (χ1) is 14.2. The molecule has 0 radical (unpaired) electrons. The van der Waals surface area contributed by atoms with Gasteiger partial charge in [0, 0.05) is 18.2 Å². The van der Waals surface area contributed by atoms with Crippen LogP contribution in [-0.4, -0.2) is 23.1 Å². The second-order valence-electron chi connectivity index (χ2n) is 6.54. The fraction of sp³-hybridized carbons (Fsp3) is 0.130. The molecule has 0 fully saturated rings. The topological polar surface area (TPSA) is 55.6 Å². The Morgan fingerprint density at radius 1 is 1.03 bits per heavy atom. The number of aromatic nitrogens is 1. The number of hydrogen-bond acceptors (Lipinski definition) is 5. The summed E-state index contributed by atoms with van der Waals surface area (Å²) in [6, 6.07) is 23.1. The molecule has 4 aromatic rings. The molecule has 0 atom stereocenters. The van der Waals surface area contributed by atoms with Gasteiger partial charge in [-0.05, 0) is 29.1 Å². The predicted molar refractivity (Wildman–Crippen MR) is 113 cm³/mol. The molecule has 0 spiro atoms. The van der Waals surface area contributed by atoms with Crippen molar-refractivity contribution in [2.45, 2.75) is 13.1 Å². The van der Waals surface area contributed by atoms with Crippen molar-refractivity contribution in [2.75, 3.05) is 7.11 Å².